The van der Waals surface area contributed by atoms with Crippen LogP contribution < -0.4 is 5.56 Å². The summed E-state index contributed by atoms with van der Waals surface area (Å²) in [5.41, 5.74) is 0.819. The van der Waals surface area contributed by atoms with Gasteiger partial charge in [-0.2, -0.15) is 0 Å². The number of H-pyrrole nitrogens is 1. The number of aliphatic hydroxyl groups is 3. The Labute approximate surface area is 128 Å². The molecule has 0 amide bonds. The van der Waals surface area contributed by atoms with E-state index >= 15 is 0 Å². The molecule has 3 aromatic heterocycles. The van der Waals surface area contributed by atoms with Gasteiger partial charge in [0.15, 0.2) is 11.7 Å². The van der Waals surface area contributed by atoms with Crippen molar-refractivity contribution in [2.45, 2.75) is 31.5 Å². The third-order valence-corrected chi connectivity index (χ3v) is 4.16. The lowest BCUT2D eigenvalue weighted by Crippen LogP contribution is -2.33. The molecule has 4 rings (SSSR count). The second kappa shape index (κ2) is 4.86. The Hall–Kier alpha value is -2.27. The van der Waals surface area contributed by atoms with E-state index in [0.29, 0.717) is 17.1 Å². The van der Waals surface area contributed by atoms with E-state index in [9.17, 15) is 20.1 Å². The van der Waals surface area contributed by atoms with Crippen molar-refractivity contribution in [3.05, 3.63) is 28.6 Å². The molecular weight excluding hydrogens is 306 g/mol. The molecule has 0 radical (unpaired) electrons. The van der Waals surface area contributed by atoms with Crippen molar-refractivity contribution in [1.29, 1.82) is 0 Å². The number of rotatable bonds is 2. The van der Waals surface area contributed by atoms with Crippen LogP contribution in [0.2, 0.25) is 0 Å². The quantitative estimate of drug-likeness (QED) is 0.441. The van der Waals surface area contributed by atoms with Crippen LogP contribution in [0.15, 0.2) is 17.3 Å². The second-order valence-corrected chi connectivity index (χ2v) is 5.57. The highest BCUT2D eigenvalue weighted by molar-refractivity contribution is 5.72. The molecule has 3 aromatic rings. The maximum atomic E-state index is 12.5. The molecule has 1 aliphatic rings. The average molecular weight is 321 g/mol. The highest BCUT2D eigenvalue weighted by atomic mass is 16.6. The number of aromatic amines is 1. The fourth-order valence-electron chi connectivity index (χ4n) is 2.94. The first-order valence-corrected chi connectivity index (χ1v) is 7.08. The number of hydrogen-bond donors (Lipinski definition) is 4. The molecular formula is C13H15N5O5. The summed E-state index contributed by atoms with van der Waals surface area (Å²) in [6, 6.07) is 0. The van der Waals surface area contributed by atoms with Crippen molar-refractivity contribution in [2.24, 2.45) is 0 Å². The first-order chi connectivity index (χ1) is 11.0. The van der Waals surface area contributed by atoms with Crippen LogP contribution in [0.5, 0.6) is 0 Å². The van der Waals surface area contributed by atoms with E-state index in [1.54, 1.807) is 13.1 Å². The predicted molar refractivity (Wildman–Crippen MR) is 76.9 cm³/mol. The molecule has 1 saturated heterocycles. The van der Waals surface area contributed by atoms with Crippen molar-refractivity contribution in [3.8, 4) is 0 Å². The Morgan fingerprint density at radius 2 is 2.13 bits per heavy atom. The largest absolute Gasteiger partial charge is 0.394 e. The zero-order valence-corrected chi connectivity index (χ0v) is 12.1. The van der Waals surface area contributed by atoms with Gasteiger partial charge in [0.25, 0.3) is 5.56 Å². The van der Waals surface area contributed by atoms with Crippen LogP contribution in [0.25, 0.3) is 16.9 Å². The van der Waals surface area contributed by atoms with Crippen LogP contribution in [0.1, 0.15) is 11.9 Å². The maximum Gasteiger partial charge on any atom is 0.287 e. The lowest BCUT2D eigenvalue weighted by atomic mass is 10.1. The van der Waals surface area contributed by atoms with Gasteiger partial charge in [-0.3, -0.25) is 9.36 Å². The molecule has 23 heavy (non-hydrogen) atoms. The van der Waals surface area contributed by atoms with Crippen LogP contribution in [0, 0.1) is 6.92 Å². The van der Waals surface area contributed by atoms with Gasteiger partial charge in [0, 0.05) is 5.69 Å². The van der Waals surface area contributed by atoms with E-state index in [0.717, 1.165) is 0 Å². The Balaban J connectivity index is 1.91. The summed E-state index contributed by atoms with van der Waals surface area (Å²) >= 11 is 0. The standard InChI is InChI=1S/C13H15N5O5/c1-5-2-14-13-16-10-7(11(22)18(5)13)15-4-17(10)12-9(21)8(20)6(3-19)23-12/h2,4,6,8-9,12,19-21H,3H2,1H3,(H,14,16)/t6-,8-,9-,12-/m1/s1. The SMILES string of the molecule is Cc1cnc2[nH]c3c(ncn3[C@@H]3O[C@H](CO)[C@@H](O)[C@H]3O)c(=O)n12. The number of ether oxygens (including phenoxy) is 1. The lowest BCUT2D eigenvalue weighted by Gasteiger charge is -2.16. The van der Waals surface area contributed by atoms with Gasteiger partial charge in [0.2, 0.25) is 5.78 Å². The van der Waals surface area contributed by atoms with Gasteiger partial charge in [-0.15, -0.1) is 0 Å². The summed E-state index contributed by atoms with van der Waals surface area (Å²) < 4.78 is 8.29. The molecule has 0 spiro atoms. The van der Waals surface area contributed by atoms with E-state index < -0.39 is 31.1 Å². The van der Waals surface area contributed by atoms with E-state index in [1.807, 2.05) is 0 Å². The molecule has 1 aliphatic heterocycles. The number of aromatic nitrogens is 5. The van der Waals surface area contributed by atoms with Gasteiger partial charge in [-0.1, -0.05) is 0 Å². The Kier molecular flexibility index (Phi) is 3.03. The minimum absolute atomic E-state index is 0.163. The summed E-state index contributed by atoms with van der Waals surface area (Å²) in [6.07, 6.45) is -1.46. The zero-order chi connectivity index (χ0) is 16.3. The number of aryl methyl sites for hydroxylation is 1. The van der Waals surface area contributed by atoms with Crippen LogP contribution in [-0.2, 0) is 4.74 Å². The number of aliphatic hydroxyl groups excluding tert-OH is 3. The number of nitrogens with zero attached hydrogens (tertiary/aromatic N) is 4. The fraction of sp³-hybridized carbons (Fsp3) is 0.462. The highest BCUT2D eigenvalue weighted by Crippen LogP contribution is 2.30. The van der Waals surface area contributed by atoms with Gasteiger partial charge in [-0.25, -0.2) is 14.4 Å². The minimum Gasteiger partial charge on any atom is -0.394 e. The van der Waals surface area contributed by atoms with Crippen LogP contribution in [0.3, 0.4) is 0 Å². The van der Waals surface area contributed by atoms with Gasteiger partial charge in [0.1, 0.15) is 24.0 Å². The average Bonchev–Trinajstić information content (AvgIpc) is 3.19. The Bertz CT molecular complexity index is 943. The minimum atomic E-state index is -1.26. The molecule has 4 heterocycles. The topological polar surface area (TPSA) is 138 Å². The number of imidazole rings is 2. The van der Waals surface area contributed by atoms with Crippen molar-refractivity contribution in [3.63, 3.8) is 0 Å². The molecule has 10 heteroatoms. The normalized spacial score (nSPS) is 28.2. The molecule has 1 fully saturated rings. The van der Waals surface area contributed by atoms with Crippen molar-refractivity contribution < 1.29 is 20.1 Å². The monoisotopic (exact) mass is 321 g/mol. The second-order valence-electron chi connectivity index (χ2n) is 5.57. The van der Waals surface area contributed by atoms with Crippen molar-refractivity contribution >= 4 is 16.9 Å². The molecule has 4 atom stereocenters. The van der Waals surface area contributed by atoms with Gasteiger partial charge in [0.05, 0.1) is 19.1 Å². The van der Waals surface area contributed by atoms with E-state index in [1.165, 1.54) is 15.3 Å². The molecule has 0 aromatic carbocycles. The lowest BCUT2D eigenvalue weighted by molar-refractivity contribution is -0.0511. The summed E-state index contributed by atoms with van der Waals surface area (Å²) in [4.78, 5) is 23.7. The number of fused-ring (bicyclic) bond motifs is 2. The summed E-state index contributed by atoms with van der Waals surface area (Å²) in [6.45, 7) is 1.33. The number of nitrogens with one attached hydrogen (secondary N) is 1. The molecule has 0 aliphatic carbocycles. The molecule has 122 valence electrons. The fourth-order valence-corrected chi connectivity index (χ4v) is 2.94. The molecule has 10 nitrogen and oxygen atoms in total. The number of hydrogen-bond acceptors (Lipinski definition) is 7. The highest BCUT2D eigenvalue weighted by Gasteiger charge is 2.44. The van der Waals surface area contributed by atoms with Gasteiger partial charge < -0.3 is 25.0 Å². The zero-order valence-electron chi connectivity index (χ0n) is 12.1. The van der Waals surface area contributed by atoms with Crippen molar-refractivity contribution in [2.75, 3.05) is 6.61 Å². The molecule has 0 bridgehead atoms. The third-order valence-electron chi connectivity index (χ3n) is 4.16. The Morgan fingerprint density at radius 3 is 2.83 bits per heavy atom. The third kappa shape index (κ3) is 1.86. The smallest absolute Gasteiger partial charge is 0.287 e. The van der Waals surface area contributed by atoms with Crippen LogP contribution in [0.4, 0.5) is 0 Å². The van der Waals surface area contributed by atoms with Crippen LogP contribution >= 0.6 is 0 Å². The predicted octanol–water partition coefficient (Wildman–Crippen LogP) is -1.71. The summed E-state index contributed by atoms with van der Waals surface area (Å²) in [5, 5.41) is 29.2. The Morgan fingerprint density at radius 1 is 1.35 bits per heavy atom. The first-order valence-electron chi connectivity index (χ1n) is 7.08. The van der Waals surface area contributed by atoms with E-state index in [4.69, 9.17) is 4.74 Å². The van der Waals surface area contributed by atoms with Crippen LogP contribution in [-0.4, -0.2) is 64.2 Å². The van der Waals surface area contributed by atoms with E-state index in [2.05, 4.69) is 15.0 Å². The molecule has 4 N–H and O–H groups in total. The maximum absolute atomic E-state index is 12.5. The molecule has 0 unspecified atom stereocenters. The van der Waals surface area contributed by atoms with E-state index in [-0.39, 0.29) is 11.1 Å². The first kappa shape index (κ1) is 14.3. The van der Waals surface area contributed by atoms with Gasteiger partial charge >= 0.3 is 0 Å². The summed E-state index contributed by atoms with van der Waals surface area (Å²) in [5.74, 6) is 0.341. The van der Waals surface area contributed by atoms with Crippen molar-refractivity contribution in [1.82, 2.24) is 23.9 Å². The molecule has 0 saturated carbocycles. The van der Waals surface area contributed by atoms with Gasteiger partial charge in [-0.05, 0) is 6.92 Å². The summed E-state index contributed by atoms with van der Waals surface area (Å²) in [7, 11) is 0.